The maximum Gasteiger partial charge on any atom is 0.249 e. The highest BCUT2D eigenvalue weighted by Crippen LogP contribution is 2.33. The largest absolute Gasteiger partial charge is 0.349 e. The molecule has 0 aliphatic rings. The number of aryl methyl sites for hydroxylation is 1. The van der Waals surface area contributed by atoms with Gasteiger partial charge in [0.1, 0.15) is 18.1 Å². The van der Waals surface area contributed by atoms with Crippen molar-refractivity contribution in [1.29, 1.82) is 0 Å². The summed E-state index contributed by atoms with van der Waals surface area (Å²) in [6, 6.07) is 14.4. The van der Waals surface area contributed by atoms with Crippen LogP contribution in [-0.2, 0) is 16.1 Å². The normalized spacial score (nSPS) is 12.5. The van der Waals surface area contributed by atoms with Gasteiger partial charge in [-0.3, -0.25) is 14.5 Å². The number of hydrogen-bond acceptors (Lipinski definition) is 5. The first kappa shape index (κ1) is 23.6. The fourth-order valence-electron chi connectivity index (χ4n) is 3.94. The maximum atomic E-state index is 14.0. The van der Waals surface area contributed by atoms with Crippen molar-refractivity contribution in [2.75, 3.05) is 4.90 Å². The van der Waals surface area contributed by atoms with E-state index in [2.05, 4.69) is 15.6 Å². The molecule has 1 atom stereocenters. The molecule has 0 radical (unpaired) electrons. The third-order valence-electron chi connectivity index (χ3n) is 5.67. The second-order valence-corrected chi connectivity index (χ2v) is 10.2. The number of thiophene rings is 1. The molecule has 2 aromatic carbocycles. The summed E-state index contributed by atoms with van der Waals surface area (Å²) in [6.07, 6.45) is 0. The van der Waals surface area contributed by atoms with Gasteiger partial charge < -0.3 is 5.32 Å². The fourth-order valence-corrected chi connectivity index (χ4v) is 4.62. The molecule has 0 unspecified atom stereocenters. The Bertz CT molecular complexity index is 1320. The van der Waals surface area contributed by atoms with Gasteiger partial charge in [0.2, 0.25) is 11.8 Å². The molecule has 34 heavy (non-hydrogen) atoms. The van der Waals surface area contributed by atoms with Crippen LogP contribution in [0, 0.1) is 13.8 Å². The molecule has 0 fully saturated rings. The Kier molecular flexibility index (Phi) is 6.52. The molecule has 0 aliphatic heterocycles. The van der Waals surface area contributed by atoms with Crippen LogP contribution in [0.4, 0.5) is 5.69 Å². The minimum Gasteiger partial charge on any atom is -0.349 e. The van der Waals surface area contributed by atoms with Crippen molar-refractivity contribution >= 4 is 39.9 Å². The Hall–Kier alpha value is -3.52. The summed E-state index contributed by atoms with van der Waals surface area (Å²) in [5, 5.41) is 15.3. The monoisotopic (exact) mass is 475 g/mol. The van der Waals surface area contributed by atoms with Gasteiger partial charge in [-0.2, -0.15) is 11.3 Å². The van der Waals surface area contributed by atoms with Crippen LogP contribution in [0.25, 0.3) is 11.0 Å². The van der Waals surface area contributed by atoms with Gasteiger partial charge in [-0.25, -0.2) is 4.68 Å². The van der Waals surface area contributed by atoms with Gasteiger partial charge in [0, 0.05) is 11.2 Å². The zero-order valence-electron chi connectivity index (χ0n) is 20.1. The Morgan fingerprint density at radius 1 is 1.09 bits per heavy atom. The molecule has 8 heteroatoms. The standard InChI is InChI=1S/C26H29N5O2S/c1-17-9-8-12-21(18(17)2)31(23(32)15-30-22-11-7-6-10-20(22)28-29-30)24(19-13-14-34-16-19)25(33)27-26(3,4)5/h6-14,16,24H,15H2,1-5H3,(H,27,33)/t24-/m0/s1. The lowest BCUT2D eigenvalue weighted by Crippen LogP contribution is -2.50. The van der Waals surface area contributed by atoms with Crippen LogP contribution in [0.5, 0.6) is 0 Å². The van der Waals surface area contributed by atoms with Gasteiger partial charge in [-0.1, -0.05) is 29.5 Å². The second kappa shape index (κ2) is 9.38. The molecule has 0 saturated carbocycles. The first-order valence-electron chi connectivity index (χ1n) is 11.2. The maximum absolute atomic E-state index is 14.0. The molecule has 4 rings (SSSR count). The van der Waals surface area contributed by atoms with Gasteiger partial charge in [0.05, 0.1) is 5.52 Å². The molecular weight excluding hydrogens is 446 g/mol. The number of carbonyl (C=O) groups is 2. The minimum atomic E-state index is -0.826. The predicted octanol–water partition coefficient (Wildman–Crippen LogP) is 4.80. The molecule has 2 aromatic heterocycles. The zero-order chi connectivity index (χ0) is 24.5. The molecule has 176 valence electrons. The second-order valence-electron chi connectivity index (χ2n) is 9.42. The first-order chi connectivity index (χ1) is 16.2. The number of carbonyl (C=O) groups excluding carboxylic acids is 2. The van der Waals surface area contributed by atoms with E-state index in [1.165, 1.54) is 11.3 Å². The van der Waals surface area contributed by atoms with E-state index in [0.717, 1.165) is 22.2 Å². The van der Waals surface area contributed by atoms with Crippen LogP contribution in [0.3, 0.4) is 0 Å². The molecular formula is C26H29N5O2S. The quantitative estimate of drug-likeness (QED) is 0.434. The molecule has 2 amide bonds. The Morgan fingerprint density at radius 3 is 2.56 bits per heavy atom. The van der Waals surface area contributed by atoms with E-state index in [4.69, 9.17) is 0 Å². The summed E-state index contributed by atoms with van der Waals surface area (Å²) < 4.78 is 1.59. The van der Waals surface area contributed by atoms with E-state index in [1.807, 2.05) is 93.9 Å². The molecule has 4 aromatic rings. The molecule has 0 bridgehead atoms. The fraction of sp³-hybridized carbons (Fsp3) is 0.308. The molecule has 2 heterocycles. The summed E-state index contributed by atoms with van der Waals surface area (Å²) in [6.45, 7) is 9.73. The lowest BCUT2D eigenvalue weighted by Gasteiger charge is -2.34. The third kappa shape index (κ3) is 4.87. The number of nitrogens with zero attached hydrogens (tertiary/aromatic N) is 4. The van der Waals surface area contributed by atoms with Gasteiger partial charge in [0.15, 0.2) is 0 Å². The number of hydrogen-bond donors (Lipinski definition) is 1. The van der Waals surface area contributed by atoms with Gasteiger partial charge in [-0.15, -0.1) is 5.10 Å². The topological polar surface area (TPSA) is 80.1 Å². The highest BCUT2D eigenvalue weighted by atomic mass is 32.1. The van der Waals surface area contributed by atoms with Crippen LogP contribution in [-0.4, -0.2) is 32.3 Å². The number of nitrogens with one attached hydrogen (secondary N) is 1. The van der Waals surface area contributed by atoms with Crippen molar-refractivity contribution in [2.45, 2.75) is 52.7 Å². The summed E-state index contributed by atoms with van der Waals surface area (Å²) in [5.74, 6) is -0.479. The molecule has 0 saturated heterocycles. The number of aromatic nitrogens is 3. The van der Waals surface area contributed by atoms with E-state index in [-0.39, 0.29) is 18.4 Å². The van der Waals surface area contributed by atoms with Crippen molar-refractivity contribution in [1.82, 2.24) is 20.3 Å². The lowest BCUT2D eigenvalue weighted by atomic mass is 10.0. The summed E-state index contributed by atoms with van der Waals surface area (Å²) in [5.41, 5.74) is 4.49. The molecule has 7 nitrogen and oxygen atoms in total. The number of anilines is 1. The average Bonchev–Trinajstić information content (AvgIpc) is 3.43. The van der Waals surface area contributed by atoms with Gasteiger partial charge >= 0.3 is 0 Å². The number of fused-ring (bicyclic) bond motifs is 1. The van der Waals surface area contributed by atoms with Crippen molar-refractivity contribution < 1.29 is 9.59 Å². The average molecular weight is 476 g/mol. The van der Waals surface area contributed by atoms with E-state index in [1.54, 1.807) is 9.58 Å². The highest BCUT2D eigenvalue weighted by molar-refractivity contribution is 7.08. The van der Waals surface area contributed by atoms with Crippen LogP contribution in [0.1, 0.15) is 43.5 Å². The smallest absolute Gasteiger partial charge is 0.249 e. The number of rotatable bonds is 6. The molecule has 0 spiro atoms. The van der Waals surface area contributed by atoms with Crippen molar-refractivity contribution in [3.8, 4) is 0 Å². The van der Waals surface area contributed by atoms with E-state index in [0.29, 0.717) is 11.2 Å². The van der Waals surface area contributed by atoms with Gasteiger partial charge in [-0.05, 0) is 86.3 Å². The third-order valence-corrected chi connectivity index (χ3v) is 6.37. The van der Waals surface area contributed by atoms with Crippen LogP contribution in [0.15, 0.2) is 59.3 Å². The lowest BCUT2D eigenvalue weighted by molar-refractivity contribution is -0.128. The number of para-hydroxylation sites is 1. The van der Waals surface area contributed by atoms with Crippen molar-refractivity contribution in [2.24, 2.45) is 0 Å². The summed E-state index contributed by atoms with van der Waals surface area (Å²) in [4.78, 5) is 29.3. The minimum absolute atomic E-state index is 0.0443. The zero-order valence-corrected chi connectivity index (χ0v) is 20.9. The Balaban J connectivity index is 1.83. The van der Waals surface area contributed by atoms with Crippen molar-refractivity contribution in [3.05, 3.63) is 76.0 Å². The van der Waals surface area contributed by atoms with Gasteiger partial charge in [0.25, 0.3) is 0 Å². The number of amides is 2. The molecule has 0 aliphatic carbocycles. The SMILES string of the molecule is Cc1cccc(N(C(=O)Cn2nnc3ccccc32)[C@H](C(=O)NC(C)(C)C)c2ccsc2)c1C. The Labute approximate surface area is 203 Å². The van der Waals surface area contributed by atoms with Crippen LogP contribution < -0.4 is 10.2 Å². The predicted molar refractivity (Wildman–Crippen MR) is 136 cm³/mol. The summed E-state index contributed by atoms with van der Waals surface area (Å²) >= 11 is 1.50. The van der Waals surface area contributed by atoms with Crippen LogP contribution >= 0.6 is 11.3 Å². The first-order valence-corrected chi connectivity index (χ1v) is 12.1. The highest BCUT2D eigenvalue weighted by Gasteiger charge is 2.35. The van der Waals surface area contributed by atoms with E-state index >= 15 is 0 Å². The molecule has 1 N–H and O–H groups in total. The summed E-state index contributed by atoms with van der Waals surface area (Å²) in [7, 11) is 0. The van der Waals surface area contributed by atoms with E-state index in [9.17, 15) is 9.59 Å². The van der Waals surface area contributed by atoms with Crippen LogP contribution in [0.2, 0.25) is 0 Å². The Morgan fingerprint density at radius 2 is 1.85 bits per heavy atom. The van der Waals surface area contributed by atoms with Crippen molar-refractivity contribution in [3.63, 3.8) is 0 Å². The number of benzene rings is 2. The van der Waals surface area contributed by atoms with E-state index < -0.39 is 11.6 Å².